The molecule has 0 aliphatic heterocycles. The molecular formula is C21H21NO2S. The SMILES string of the molecule is CCC(C(=O)O)c1csc2cc(/C=C/c3ccc(C)nc3C)ccc12. The topological polar surface area (TPSA) is 50.2 Å². The van der Waals surface area contributed by atoms with E-state index in [0.717, 1.165) is 38.2 Å². The van der Waals surface area contributed by atoms with Crippen molar-refractivity contribution in [3.63, 3.8) is 0 Å². The number of aryl methyl sites for hydroxylation is 2. The van der Waals surface area contributed by atoms with E-state index in [0.29, 0.717) is 6.42 Å². The number of hydrogen-bond donors (Lipinski definition) is 1. The van der Waals surface area contributed by atoms with Crippen LogP contribution in [0.15, 0.2) is 35.7 Å². The zero-order valence-corrected chi connectivity index (χ0v) is 15.4. The summed E-state index contributed by atoms with van der Waals surface area (Å²) in [7, 11) is 0. The van der Waals surface area contributed by atoms with E-state index < -0.39 is 11.9 Å². The Labute approximate surface area is 151 Å². The van der Waals surface area contributed by atoms with Gasteiger partial charge in [0.25, 0.3) is 0 Å². The predicted molar refractivity (Wildman–Crippen MR) is 105 cm³/mol. The van der Waals surface area contributed by atoms with Crippen molar-refractivity contribution in [3.05, 3.63) is 63.8 Å². The summed E-state index contributed by atoms with van der Waals surface area (Å²) in [5.74, 6) is -1.19. The van der Waals surface area contributed by atoms with E-state index in [1.807, 2.05) is 44.4 Å². The van der Waals surface area contributed by atoms with Gasteiger partial charge in [0.1, 0.15) is 0 Å². The number of carboxylic acid groups (broad SMARTS) is 1. The second-order valence-electron chi connectivity index (χ2n) is 6.21. The van der Waals surface area contributed by atoms with Crippen molar-refractivity contribution in [1.82, 2.24) is 4.98 Å². The number of aliphatic carboxylic acids is 1. The molecule has 0 aliphatic carbocycles. The zero-order chi connectivity index (χ0) is 18.0. The van der Waals surface area contributed by atoms with E-state index in [-0.39, 0.29) is 0 Å². The quantitative estimate of drug-likeness (QED) is 0.645. The van der Waals surface area contributed by atoms with Gasteiger partial charge in [0.15, 0.2) is 0 Å². The Balaban J connectivity index is 1.92. The number of benzene rings is 1. The lowest BCUT2D eigenvalue weighted by Crippen LogP contribution is -2.09. The molecule has 2 heterocycles. The number of carboxylic acids is 1. The monoisotopic (exact) mass is 351 g/mol. The van der Waals surface area contributed by atoms with Gasteiger partial charge in [-0.3, -0.25) is 9.78 Å². The molecule has 3 nitrogen and oxygen atoms in total. The van der Waals surface area contributed by atoms with Gasteiger partial charge in [0.2, 0.25) is 0 Å². The maximum Gasteiger partial charge on any atom is 0.311 e. The molecule has 0 bridgehead atoms. The molecule has 0 aliphatic rings. The molecule has 0 saturated carbocycles. The van der Waals surface area contributed by atoms with Crippen molar-refractivity contribution in [2.75, 3.05) is 0 Å². The molecule has 2 aromatic heterocycles. The van der Waals surface area contributed by atoms with E-state index in [1.165, 1.54) is 0 Å². The Morgan fingerprint density at radius 3 is 2.72 bits per heavy atom. The third-order valence-electron chi connectivity index (χ3n) is 4.43. The highest BCUT2D eigenvalue weighted by atomic mass is 32.1. The van der Waals surface area contributed by atoms with Gasteiger partial charge in [-0.2, -0.15) is 0 Å². The molecule has 1 unspecified atom stereocenters. The highest BCUT2D eigenvalue weighted by molar-refractivity contribution is 7.17. The maximum atomic E-state index is 11.4. The summed E-state index contributed by atoms with van der Waals surface area (Å²) < 4.78 is 1.12. The van der Waals surface area contributed by atoms with Crippen molar-refractivity contribution in [3.8, 4) is 0 Å². The van der Waals surface area contributed by atoms with E-state index in [1.54, 1.807) is 11.3 Å². The fourth-order valence-corrected chi connectivity index (χ4v) is 4.09. The van der Waals surface area contributed by atoms with E-state index in [2.05, 4.69) is 29.3 Å². The summed E-state index contributed by atoms with van der Waals surface area (Å²) in [6.45, 7) is 5.92. The second kappa shape index (κ2) is 7.19. The van der Waals surface area contributed by atoms with Crippen LogP contribution in [0.25, 0.3) is 22.2 Å². The van der Waals surface area contributed by atoms with Crippen molar-refractivity contribution >= 4 is 39.5 Å². The number of fused-ring (bicyclic) bond motifs is 1. The van der Waals surface area contributed by atoms with Crippen LogP contribution < -0.4 is 0 Å². The number of pyridine rings is 1. The van der Waals surface area contributed by atoms with E-state index >= 15 is 0 Å². The molecule has 3 aromatic rings. The van der Waals surface area contributed by atoms with Crippen LogP contribution in [-0.2, 0) is 4.79 Å². The summed E-state index contributed by atoms with van der Waals surface area (Å²) in [6, 6.07) is 10.3. The highest BCUT2D eigenvalue weighted by Gasteiger charge is 2.20. The molecule has 0 fully saturated rings. The summed E-state index contributed by atoms with van der Waals surface area (Å²) in [5, 5.41) is 12.4. The van der Waals surface area contributed by atoms with Crippen LogP contribution in [0.1, 0.15) is 47.3 Å². The first-order chi connectivity index (χ1) is 12.0. The molecule has 128 valence electrons. The van der Waals surface area contributed by atoms with Crippen LogP contribution in [0.3, 0.4) is 0 Å². The molecule has 25 heavy (non-hydrogen) atoms. The minimum absolute atomic E-state index is 0.434. The van der Waals surface area contributed by atoms with Crippen LogP contribution in [0, 0.1) is 13.8 Å². The highest BCUT2D eigenvalue weighted by Crippen LogP contribution is 2.34. The van der Waals surface area contributed by atoms with Gasteiger partial charge in [-0.1, -0.05) is 37.3 Å². The Bertz CT molecular complexity index is 956. The first-order valence-corrected chi connectivity index (χ1v) is 9.24. The van der Waals surface area contributed by atoms with Gasteiger partial charge >= 0.3 is 5.97 Å². The number of rotatable bonds is 5. The predicted octanol–water partition coefficient (Wildman–Crippen LogP) is 5.66. The van der Waals surface area contributed by atoms with Crippen LogP contribution in [0.4, 0.5) is 0 Å². The van der Waals surface area contributed by atoms with Gasteiger partial charge in [-0.05, 0) is 59.9 Å². The maximum absolute atomic E-state index is 11.4. The van der Waals surface area contributed by atoms with E-state index in [4.69, 9.17) is 0 Å². The Kier molecular flexibility index (Phi) is 5.00. The zero-order valence-electron chi connectivity index (χ0n) is 14.6. The third kappa shape index (κ3) is 3.64. The lowest BCUT2D eigenvalue weighted by molar-refractivity contribution is -0.138. The normalized spacial score (nSPS) is 12.8. The van der Waals surface area contributed by atoms with Crippen LogP contribution in [0.5, 0.6) is 0 Å². The van der Waals surface area contributed by atoms with Gasteiger partial charge in [0, 0.05) is 16.1 Å². The molecule has 1 atom stereocenters. The largest absolute Gasteiger partial charge is 0.481 e. The number of aromatic nitrogens is 1. The Morgan fingerprint density at radius 2 is 2.04 bits per heavy atom. The van der Waals surface area contributed by atoms with Crippen molar-refractivity contribution in [1.29, 1.82) is 0 Å². The first-order valence-electron chi connectivity index (χ1n) is 8.36. The van der Waals surface area contributed by atoms with Gasteiger partial charge in [-0.15, -0.1) is 11.3 Å². The summed E-state index contributed by atoms with van der Waals surface area (Å²) >= 11 is 1.61. The van der Waals surface area contributed by atoms with Gasteiger partial charge in [-0.25, -0.2) is 0 Å². The first kappa shape index (κ1) is 17.4. The summed E-state index contributed by atoms with van der Waals surface area (Å²) in [6.07, 6.45) is 4.75. The number of hydrogen-bond acceptors (Lipinski definition) is 3. The van der Waals surface area contributed by atoms with Crippen molar-refractivity contribution in [2.45, 2.75) is 33.1 Å². The number of nitrogens with zero attached hydrogens (tertiary/aromatic N) is 1. The Morgan fingerprint density at radius 1 is 1.24 bits per heavy atom. The average Bonchev–Trinajstić information content (AvgIpc) is 2.97. The average molecular weight is 351 g/mol. The lowest BCUT2D eigenvalue weighted by Gasteiger charge is -2.08. The number of carbonyl (C=O) groups is 1. The van der Waals surface area contributed by atoms with Gasteiger partial charge < -0.3 is 5.11 Å². The summed E-state index contributed by atoms with van der Waals surface area (Å²) in [4.78, 5) is 15.9. The van der Waals surface area contributed by atoms with Crippen molar-refractivity contribution in [2.24, 2.45) is 0 Å². The van der Waals surface area contributed by atoms with Gasteiger partial charge in [0.05, 0.1) is 5.92 Å². The van der Waals surface area contributed by atoms with Crippen molar-refractivity contribution < 1.29 is 9.90 Å². The summed E-state index contributed by atoms with van der Waals surface area (Å²) in [5.41, 5.74) is 5.16. The molecule has 4 heteroatoms. The van der Waals surface area contributed by atoms with E-state index in [9.17, 15) is 9.90 Å². The molecule has 0 saturated heterocycles. The number of thiophene rings is 1. The Hall–Kier alpha value is -2.46. The molecule has 0 radical (unpaired) electrons. The lowest BCUT2D eigenvalue weighted by atomic mass is 9.96. The fraction of sp³-hybridized carbons (Fsp3) is 0.238. The molecule has 0 amide bonds. The van der Waals surface area contributed by atoms with Crippen LogP contribution in [-0.4, -0.2) is 16.1 Å². The minimum atomic E-state index is -0.756. The second-order valence-corrected chi connectivity index (χ2v) is 7.12. The molecule has 1 aromatic carbocycles. The smallest absolute Gasteiger partial charge is 0.311 e. The molecule has 3 rings (SSSR count). The fourth-order valence-electron chi connectivity index (χ4n) is 3.03. The molecule has 0 spiro atoms. The molecular weight excluding hydrogens is 330 g/mol. The third-order valence-corrected chi connectivity index (χ3v) is 5.40. The standard InChI is InChI=1S/C21H21NO2S/c1-4-17(21(23)24)19-12-25-20-11-15(7-10-18(19)20)6-9-16-8-5-13(2)22-14(16)3/h5-12,17H,4H2,1-3H3,(H,23,24)/b9-6+. The van der Waals surface area contributed by atoms with Crippen LogP contribution >= 0.6 is 11.3 Å². The minimum Gasteiger partial charge on any atom is -0.481 e. The molecule has 1 N–H and O–H groups in total. The van der Waals surface area contributed by atoms with Crippen LogP contribution in [0.2, 0.25) is 0 Å².